The zero-order chi connectivity index (χ0) is 13.4. The van der Waals surface area contributed by atoms with Gasteiger partial charge in [-0.1, -0.05) is 12.8 Å². The molecule has 1 fully saturated rings. The summed E-state index contributed by atoms with van der Waals surface area (Å²) in [6.07, 6.45) is 5.31. The zero-order valence-corrected chi connectivity index (χ0v) is 12.2. The molecule has 1 rings (SSSR count). The standard InChI is InChI=1S/C14H30N2O2/c1-12(11-18-3)16(8-9-17-2)10-14(15)13-6-4-5-7-13/h12-14H,4-11,15H2,1-3H3. The molecule has 0 heterocycles. The molecule has 0 radical (unpaired) electrons. The van der Waals surface area contributed by atoms with Gasteiger partial charge in [-0.15, -0.1) is 0 Å². The normalized spacial score (nSPS) is 20.5. The van der Waals surface area contributed by atoms with Crippen molar-refractivity contribution >= 4 is 0 Å². The second-order valence-corrected chi connectivity index (χ2v) is 5.50. The molecule has 0 amide bonds. The van der Waals surface area contributed by atoms with Crippen molar-refractivity contribution < 1.29 is 9.47 Å². The Morgan fingerprint density at radius 3 is 2.44 bits per heavy atom. The summed E-state index contributed by atoms with van der Waals surface area (Å²) in [5, 5.41) is 0. The van der Waals surface area contributed by atoms with Crippen LogP contribution in [0.4, 0.5) is 0 Å². The van der Waals surface area contributed by atoms with Crippen molar-refractivity contribution in [1.29, 1.82) is 0 Å². The van der Waals surface area contributed by atoms with E-state index < -0.39 is 0 Å². The summed E-state index contributed by atoms with van der Waals surface area (Å²) in [5.41, 5.74) is 6.36. The second kappa shape index (κ2) is 8.86. The molecule has 1 aliphatic rings. The Kier molecular flexibility index (Phi) is 7.82. The van der Waals surface area contributed by atoms with Crippen LogP contribution in [0.2, 0.25) is 0 Å². The largest absolute Gasteiger partial charge is 0.383 e. The summed E-state index contributed by atoms with van der Waals surface area (Å²) in [6, 6.07) is 0.696. The van der Waals surface area contributed by atoms with E-state index in [9.17, 15) is 0 Å². The molecule has 0 bridgehead atoms. The van der Waals surface area contributed by atoms with Gasteiger partial charge in [0, 0.05) is 39.4 Å². The van der Waals surface area contributed by atoms with E-state index in [1.807, 2.05) is 0 Å². The molecule has 2 N–H and O–H groups in total. The van der Waals surface area contributed by atoms with E-state index in [0.29, 0.717) is 18.0 Å². The Hall–Kier alpha value is -0.160. The Bertz CT molecular complexity index is 208. The van der Waals surface area contributed by atoms with Crippen molar-refractivity contribution in [2.75, 3.05) is 40.5 Å². The lowest BCUT2D eigenvalue weighted by atomic mass is 9.98. The van der Waals surface area contributed by atoms with E-state index in [2.05, 4.69) is 11.8 Å². The van der Waals surface area contributed by atoms with Gasteiger partial charge in [0.2, 0.25) is 0 Å². The van der Waals surface area contributed by atoms with Crippen LogP contribution < -0.4 is 5.73 Å². The van der Waals surface area contributed by atoms with Crippen molar-refractivity contribution in [1.82, 2.24) is 4.90 Å². The summed E-state index contributed by atoms with van der Waals surface area (Å²) in [7, 11) is 3.50. The Morgan fingerprint density at radius 1 is 1.22 bits per heavy atom. The van der Waals surface area contributed by atoms with Crippen LogP contribution in [0.25, 0.3) is 0 Å². The van der Waals surface area contributed by atoms with Gasteiger partial charge in [0.1, 0.15) is 0 Å². The maximum absolute atomic E-state index is 6.36. The first-order chi connectivity index (χ1) is 8.69. The van der Waals surface area contributed by atoms with E-state index in [4.69, 9.17) is 15.2 Å². The summed E-state index contributed by atoms with van der Waals surface area (Å²) in [4.78, 5) is 2.40. The van der Waals surface area contributed by atoms with Crippen LogP contribution in [-0.2, 0) is 9.47 Å². The van der Waals surface area contributed by atoms with Crippen molar-refractivity contribution in [3.63, 3.8) is 0 Å². The van der Waals surface area contributed by atoms with E-state index in [1.165, 1.54) is 25.7 Å². The summed E-state index contributed by atoms with van der Waals surface area (Å²) >= 11 is 0. The third-order valence-electron chi connectivity index (χ3n) is 4.06. The molecule has 1 saturated carbocycles. The average molecular weight is 258 g/mol. The minimum Gasteiger partial charge on any atom is -0.383 e. The lowest BCUT2D eigenvalue weighted by Gasteiger charge is -2.32. The minimum absolute atomic E-state index is 0.295. The molecule has 0 aromatic heterocycles. The summed E-state index contributed by atoms with van der Waals surface area (Å²) in [5.74, 6) is 0.713. The highest BCUT2D eigenvalue weighted by Gasteiger charge is 2.25. The fraction of sp³-hybridized carbons (Fsp3) is 1.00. The number of nitrogens with zero attached hydrogens (tertiary/aromatic N) is 1. The molecule has 2 atom stereocenters. The van der Waals surface area contributed by atoms with Crippen LogP contribution in [0.5, 0.6) is 0 Å². The minimum atomic E-state index is 0.295. The Morgan fingerprint density at radius 2 is 1.89 bits per heavy atom. The topological polar surface area (TPSA) is 47.7 Å². The molecule has 0 spiro atoms. The molecule has 1 aliphatic carbocycles. The van der Waals surface area contributed by atoms with Crippen LogP contribution in [-0.4, -0.2) is 57.5 Å². The molecule has 0 aromatic rings. The van der Waals surface area contributed by atoms with Gasteiger partial charge in [-0.2, -0.15) is 0 Å². The number of hydrogen-bond donors (Lipinski definition) is 1. The first kappa shape index (κ1) is 15.9. The smallest absolute Gasteiger partial charge is 0.0615 e. The molecule has 0 saturated heterocycles. The predicted molar refractivity (Wildman–Crippen MR) is 74.7 cm³/mol. The number of hydrogen-bond acceptors (Lipinski definition) is 4. The Labute approximate surface area is 112 Å². The average Bonchev–Trinajstić information content (AvgIpc) is 2.88. The fourth-order valence-electron chi connectivity index (χ4n) is 2.85. The monoisotopic (exact) mass is 258 g/mol. The molecule has 108 valence electrons. The number of ether oxygens (including phenoxy) is 2. The van der Waals surface area contributed by atoms with E-state index in [1.54, 1.807) is 14.2 Å². The lowest BCUT2D eigenvalue weighted by Crippen LogP contribution is -2.47. The van der Waals surface area contributed by atoms with Crippen molar-refractivity contribution in [2.24, 2.45) is 11.7 Å². The maximum atomic E-state index is 6.36. The van der Waals surface area contributed by atoms with Crippen LogP contribution >= 0.6 is 0 Å². The zero-order valence-electron chi connectivity index (χ0n) is 12.2. The lowest BCUT2D eigenvalue weighted by molar-refractivity contribution is 0.0673. The summed E-state index contributed by atoms with van der Waals surface area (Å²) in [6.45, 7) is 5.59. The predicted octanol–water partition coefficient (Wildman–Crippen LogP) is 1.49. The second-order valence-electron chi connectivity index (χ2n) is 5.50. The molecule has 0 aliphatic heterocycles. The molecule has 4 nitrogen and oxygen atoms in total. The molecule has 0 aromatic carbocycles. The first-order valence-electron chi connectivity index (χ1n) is 7.16. The molecule has 4 heteroatoms. The molecular weight excluding hydrogens is 228 g/mol. The van der Waals surface area contributed by atoms with Gasteiger partial charge >= 0.3 is 0 Å². The van der Waals surface area contributed by atoms with Crippen LogP contribution in [0.3, 0.4) is 0 Å². The Balaban J connectivity index is 2.42. The maximum Gasteiger partial charge on any atom is 0.0615 e. The first-order valence-corrected chi connectivity index (χ1v) is 7.16. The van der Waals surface area contributed by atoms with E-state index >= 15 is 0 Å². The van der Waals surface area contributed by atoms with Gasteiger partial charge in [-0.05, 0) is 25.7 Å². The quantitative estimate of drug-likeness (QED) is 0.680. The number of methoxy groups -OCH3 is 2. The van der Waals surface area contributed by atoms with E-state index in [0.717, 1.165) is 26.3 Å². The van der Waals surface area contributed by atoms with Gasteiger partial charge in [0.05, 0.1) is 13.2 Å². The van der Waals surface area contributed by atoms with Crippen LogP contribution in [0.15, 0.2) is 0 Å². The molecule has 2 unspecified atom stereocenters. The molecular formula is C14H30N2O2. The van der Waals surface area contributed by atoms with Crippen molar-refractivity contribution in [3.8, 4) is 0 Å². The highest BCUT2D eigenvalue weighted by molar-refractivity contribution is 4.82. The van der Waals surface area contributed by atoms with E-state index in [-0.39, 0.29) is 0 Å². The SMILES string of the molecule is COCCN(CC(N)C1CCCC1)C(C)COC. The molecule has 18 heavy (non-hydrogen) atoms. The van der Waals surface area contributed by atoms with Gasteiger partial charge in [0.15, 0.2) is 0 Å². The van der Waals surface area contributed by atoms with Gasteiger partial charge in [-0.25, -0.2) is 0 Å². The highest BCUT2D eigenvalue weighted by atomic mass is 16.5. The number of rotatable bonds is 9. The van der Waals surface area contributed by atoms with Crippen LogP contribution in [0, 0.1) is 5.92 Å². The van der Waals surface area contributed by atoms with Crippen molar-refractivity contribution in [2.45, 2.75) is 44.7 Å². The highest BCUT2D eigenvalue weighted by Crippen LogP contribution is 2.27. The summed E-state index contributed by atoms with van der Waals surface area (Å²) < 4.78 is 10.4. The van der Waals surface area contributed by atoms with Gasteiger partial charge in [-0.3, -0.25) is 4.90 Å². The van der Waals surface area contributed by atoms with Gasteiger partial charge in [0.25, 0.3) is 0 Å². The third-order valence-corrected chi connectivity index (χ3v) is 4.06. The van der Waals surface area contributed by atoms with Crippen LogP contribution in [0.1, 0.15) is 32.6 Å². The fourth-order valence-corrected chi connectivity index (χ4v) is 2.85. The van der Waals surface area contributed by atoms with Gasteiger partial charge < -0.3 is 15.2 Å². The number of nitrogens with two attached hydrogens (primary N) is 1. The van der Waals surface area contributed by atoms with Crippen molar-refractivity contribution in [3.05, 3.63) is 0 Å². The third kappa shape index (κ3) is 5.22.